The summed E-state index contributed by atoms with van der Waals surface area (Å²) >= 11 is 2.04. The van der Waals surface area contributed by atoms with E-state index in [1.165, 1.54) is 12.0 Å². The molecule has 2 heterocycles. The number of thioether (sulfide) groups is 1. The second kappa shape index (κ2) is 8.61. The Bertz CT molecular complexity index is 634. The number of nitrogens with one attached hydrogen (secondary N) is 1. The van der Waals surface area contributed by atoms with Gasteiger partial charge in [0.05, 0.1) is 0 Å². The Morgan fingerprint density at radius 2 is 2.16 bits per heavy atom. The molecule has 1 aromatic carbocycles. The molecule has 2 aliphatic heterocycles. The zero-order valence-corrected chi connectivity index (χ0v) is 16.0. The van der Waals surface area contributed by atoms with Crippen molar-refractivity contribution >= 4 is 29.3 Å². The number of nitrogens with zero attached hydrogens (tertiary/aromatic N) is 3. The minimum absolute atomic E-state index is 0.0822. The van der Waals surface area contributed by atoms with Gasteiger partial charge in [0.2, 0.25) is 5.91 Å². The number of anilines is 1. The van der Waals surface area contributed by atoms with Gasteiger partial charge < -0.3 is 15.1 Å². The SMILES string of the molecule is CCNC(=NCC(=O)N1CCc2ccccc21)N1CCSC(CC)C1. The summed E-state index contributed by atoms with van der Waals surface area (Å²) in [6.45, 7) is 8.10. The molecule has 0 aromatic heterocycles. The molecule has 1 fully saturated rings. The maximum absolute atomic E-state index is 12.7. The largest absolute Gasteiger partial charge is 0.357 e. The number of para-hydroxylation sites is 1. The molecule has 6 heteroatoms. The third-order valence-corrected chi connectivity index (χ3v) is 6.15. The maximum atomic E-state index is 12.7. The van der Waals surface area contributed by atoms with E-state index in [1.54, 1.807) is 0 Å². The van der Waals surface area contributed by atoms with Crippen LogP contribution in [0.2, 0.25) is 0 Å². The minimum Gasteiger partial charge on any atom is -0.357 e. The zero-order chi connectivity index (χ0) is 17.6. The van der Waals surface area contributed by atoms with Crippen molar-refractivity contribution in [3.8, 4) is 0 Å². The topological polar surface area (TPSA) is 47.9 Å². The lowest BCUT2D eigenvalue weighted by Crippen LogP contribution is -2.48. The van der Waals surface area contributed by atoms with Crippen LogP contribution in [0.15, 0.2) is 29.3 Å². The summed E-state index contributed by atoms with van der Waals surface area (Å²) in [5, 5.41) is 4.01. The highest BCUT2D eigenvalue weighted by Crippen LogP contribution is 2.27. The highest BCUT2D eigenvalue weighted by Gasteiger charge is 2.25. The number of fused-ring (bicyclic) bond motifs is 1. The molecule has 1 atom stereocenters. The molecule has 0 bridgehead atoms. The Morgan fingerprint density at radius 1 is 1.32 bits per heavy atom. The first-order valence-corrected chi connectivity index (χ1v) is 10.3. The van der Waals surface area contributed by atoms with Gasteiger partial charge in [0.15, 0.2) is 5.96 Å². The fourth-order valence-electron chi connectivity index (χ4n) is 3.41. The Balaban J connectivity index is 1.66. The number of amides is 1. The summed E-state index contributed by atoms with van der Waals surface area (Å²) in [5.74, 6) is 2.08. The van der Waals surface area contributed by atoms with Gasteiger partial charge in [-0.15, -0.1) is 0 Å². The van der Waals surface area contributed by atoms with Gasteiger partial charge in [-0.05, 0) is 31.4 Å². The highest BCUT2D eigenvalue weighted by atomic mass is 32.2. The first-order valence-electron chi connectivity index (χ1n) is 9.26. The first-order chi connectivity index (χ1) is 12.2. The lowest BCUT2D eigenvalue weighted by atomic mass is 10.2. The van der Waals surface area contributed by atoms with Crippen LogP contribution in [0.5, 0.6) is 0 Å². The summed E-state index contributed by atoms with van der Waals surface area (Å²) in [5.41, 5.74) is 2.30. The van der Waals surface area contributed by atoms with Gasteiger partial charge in [0.1, 0.15) is 6.54 Å². The summed E-state index contributed by atoms with van der Waals surface area (Å²) in [4.78, 5) is 21.5. The van der Waals surface area contributed by atoms with Crippen molar-refractivity contribution in [2.45, 2.75) is 31.9 Å². The molecule has 1 N–H and O–H groups in total. The lowest BCUT2D eigenvalue weighted by molar-refractivity contribution is -0.117. The molecule has 1 unspecified atom stereocenters. The fraction of sp³-hybridized carbons (Fsp3) is 0.579. The maximum Gasteiger partial charge on any atom is 0.248 e. The van der Waals surface area contributed by atoms with Gasteiger partial charge in [-0.3, -0.25) is 4.79 Å². The number of benzene rings is 1. The number of carbonyl (C=O) groups is 1. The molecule has 0 saturated carbocycles. The van der Waals surface area contributed by atoms with Crippen LogP contribution in [-0.4, -0.2) is 60.5 Å². The van der Waals surface area contributed by atoms with Crippen LogP contribution >= 0.6 is 11.8 Å². The quantitative estimate of drug-likeness (QED) is 0.661. The Hall–Kier alpha value is -1.69. The smallest absolute Gasteiger partial charge is 0.248 e. The van der Waals surface area contributed by atoms with Gasteiger partial charge in [0.25, 0.3) is 0 Å². The van der Waals surface area contributed by atoms with Crippen LogP contribution in [0.1, 0.15) is 25.8 Å². The minimum atomic E-state index is 0.0822. The van der Waals surface area contributed by atoms with E-state index in [4.69, 9.17) is 0 Å². The normalized spacial score (nSPS) is 20.6. The lowest BCUT2D eigenvalue weighted by Gasteiger charge is -2.34. The third-order valence-electron chi connectivity index (χ3n) is 4.78. The van der Waals surface area contributed by atoms with E-state index in [0.717, 1.165) is 50.0 Å². The third kappa shape index (κ3) is 4.29. The van der Waals surface area contributed by atoms with E-state index in [-0.39, 0.29) is 12.5 Å². The van der Waals surface area contributed by atoms with E-state index in [0.29, 0.717) is 5.25 Å². The summed E-state index contributed by atoms with van der Waals surface area (Å²) in [6, 6.07) is 8.16. The van der Waals surface area contributed by atoms with E-state index in [9.17, 15) is 4.79 Å². The predicted molar refractivity (Wildman–Crippen MR) is 107 cm³/mol. The van der Waals surface area contributed by atoms with Crippen LogP contribution in [0.25, 0.3) is 0 Å². The molecule has 25 heavy (non-hydrogen) atoms. The van der Waals surface area contributed by atoms with Crippen molar-refractivity contribution in [1.29, 1.82) is 0 Å². The monoisotopic (exact) mass is 360 g/mol. The van der Waals surface area contributed by atoms with Crippen molar-refractivity contribution in [2.24, 2.45) is 4.99 Å². The Kier molecular flexibility index (Phi) is 6.24. The number of aliphatic imine (C=N–C) groups is 1. The van der Waals surface area contributed by atoms with Gasteiger partial charge in [0, 0.05) is 42.9 Å². The van der Waals surface area contributed by atoms with Crippen molar-refractivity contribution in [3.05, 3.63) is 29.8 Å². The molecular formula is C19H28N4OS. The molecular weight excluding hydrogens is 332 g/mol. The second-order valence-electron chi connectivity index (χ2n) is 6.44. The highest BCUT2D eigenvalue weighted by molar-refractivity contribution is 8.00. The molecule has 1 saturated heterocycles. The van der Waals surface area contributed by atoms with Crippen LogP contribution in [0, 0.1) is 0 Å². The number of hydrogen-bond acceptors (Lipinski definition) is 3. The van der Waals surface area contributed by atoms with Gasteiger partial charge in [-0.1, -0.05) is 25.1 Å². The average Bonchev–Trinajstić information content (AvgIpc) is 3.09. The Morgan fingerprint density at radius 3 is 2.96 bits per heavy atom. The molecule has 3 rings (SSSR count). The summed E-state index contributed by atoms with van der Waals surface area (Å²) < 4.78 is 0. The molecule has 0 spiro atoms. The van der Waals surface area contributed by atoms with E-state index < -0.39 is 0 Å². The molecule has 1 amide bonds. The zero-order valence-electron chi connectivity index (χ0n) is 15.2. The van der Waals surface area contributed by atoms with Crippen LogP contribution in [0.4, 0.5) is 5.69 Å². The van der Waals surface area contributed by atoms with Crippen molar-refractivity contribution in [2.75, 3.05) is 43.4 Å². The summed E-state index contributed by atoms with van der Waals surface area (Å²) in [6.07, 6.45) is 2.11. The predicted octanol–water partition coefficient (Wildman–Crippen LogP) is 2.37. The molecule has 0 radical (unpaired) electrons. The van der Waals surface area contributed by atoms with E-state index in [2.05, 4.69) is 35.1 Å². The van der Waals surface area contributed by atoms with Crippen molar-refractivity contribution in [3.63, 3.8) is 0 Å². The average molecular weight is 361 g/mol. The molecule has 1 aromatic rings. The van der Waals surface area contributed by atoms with Crippen molar-refractivity contribution in [1.82, 2.24) is 10.2 Å². The van der Waals surface area contributed by atoms with E-state index in [1.807, 2.05) is 34.9 Å². The number of carbonyl (C=O) groups excluding carboxylic acids is 1. The first kappa shape index (κ1) is 18.1. The molecule has 0 aliphatic carbocycles. The van der Waals surface area contributed by atoms with Gasteiger partial charge in [-0.25, -0.2) is 4.99 Å². The standard InChI is InChI=1S/C19H28N4OS/c1-3-16-14-22(11-12-25-16)19(20-4-2)21-13-18(24)23-10-9-15-7-5-6-8-17(15)23/h5-8,16H,3-4,9-14H2,1-2H3,(H,20,21). The number of hydrogen-bond donors (Lipinski definition) is 1. The van der Waals surface area contributed by atoms with Crippen LogP contribution < -0.4 is 10.2 Å². The van der Waals surface area contributed by atoms with Gasteiger partial charge >= 0.3 is 0 Å². The van der Waals surface area contributed by atoms with Gasteiger partial charge in [-0.2, -0.15) is 11.8 Å². The number of rotatable bonds is 4. The summed E-state index contributed by atoms with van der Waals surface area (Å²) in [7, 11) is 0. The number of guanidine groups is 1. The van der Waals surface area contributed by atoms with E-state index >= 15 is 0 Å². The molecule has 136 valence electrons. The fourth-order valence-corrected chi connectivity index (χ4v) is 4.59. The molecule has 2 aliphatic rings. The van der Waals surface area contributed by atoms with Crippen LogP contribution in [-0.2, 0) is 11.2 Å². The molecule has 5 nitrogen and oxygen atoms in total. The van der Waals surface area contributed by atoms with Crippen molar-refractivity contribution < 1.29 is 4.79 Å². The Labute approximate surface area is 154 Å². The van der Waals surface area contributed by atoms with Crippen LogP contribution in [0.3, 0.4) is 0 Å². The second-order valence-corrected chi connectivity index (χ2v) is 7.85.